The van der Waals surface area contributed by atoms with Crippen molar-refractivity contribution in [3.63, 3.8) is 0 Å². The molecule has 0 spiro atoms. The minimum absolute atomic E-state index is 0.228. The van der Waals surface area contributed by atoms with Crippen LogP contribution in [0.25, 0.3) is 6.08 Å². The van der Waals surface area contributed by atoms with E-state index in [-0.39, 0.29) is 24.5 Å². The zero-order chi connectivity index (χ0) is 23.4. The molecular formula is C22H18BrClN2O6. The van der Waals surface area contributed by atoms with Crippen LogP contribution in [0.2, 0.25) is 5.02 Å². The lowest BCUT2D eigenvalue weighted by atomic mass is 10.1. The maximum absolute atomic E-state index is 13.0. The molecule has 3 rings (SSSR count). The van der Waals surface area contributed by atoms with E-state index in [4.69, 9.17) is 21.1 Å². The van der Waals surface area contributed by atoms with E-state index in [2.05, 4.69) is 21.2 Å². The van der Waals surface area contributed by atoms with E-state index in [9.17, 15) is 19.2 Å². The lowest BCUT2D eigenvalue weighted by Gasteiger charge is -2.26. The van der Waals surface area contributed by atoms with Crippen molar-refractivity contribution in [2.45, 2.75) is 13.8 Å². The third-order valence-electron chi connectivity index (χ3n) is 4.43. The van der Waals surface area contributed by atoms with E-state index in [1.165, 1.54) is 12.1 Å². The summed E-state index contributed by atoms with van der Waals surface area (Å²) >= 11 is 9.45. The maximum Gasteiger partial charge on any atom is 0.344 e. The van der Waals surface area contributed by atoms with Crippen molar-refractivity contribution in [1.82, 2.24) is 5.32 Å². The Bertz CT molecular complexity index is 1150. The Hall–Kier alpha value is -3.17. The first-order chi connectivity index (χ1) is 15.2. The van der Waals surface area contributed by atoms with Gasteiger partial charge >= 0.3 is 12.0 Å². The average Bonchev–Trinajstić information content (AvgIpc) is 2.73. The van der Waals surface area contributed by atoms with Gasteiger partial charge in [-0.15, -0.1) is 0 Å². The molecule has 1 aliphatic heterocycles. The highest BCUT2D eigenvalue weighted by molar-refractivity contribution is 9.10. The number of aryl methyl sites for hydroxylation is 1. The van der Waals surface area contributed by atoms with Crippen molar-refractivity contribution in [1.29, 1.82) is 0 Å². The fraction of sp³-hybridized carbons (Fsp3) is 0.182. The van der Waals surface area contributed by atoms with Crippen LogP contribution in [0.4, 0.5) is 10.5 Å². The third kappa shape index (κ3) is 5.17. The Labute approximate surface area is 197 Å². The van der Waals surface area contributed by atoms with Gasteiger partial charge in [0.2, 0.25) is 0 Å². The lowest BCUT2D eigenvalue weighted by Crippen LogP contribution is -2.54. The van der Waals surface area contributed by atoms with Crippen LogP contribution in [-0.2, 0) is 19.1 Å². The van der Waals surface area contributed by atoms with E-state index in [1.807, 2.05) is 0 Å². The predicted octanol–water partition coefficient (Wildman–Crippen LogP) is 4.02. The topological polar surface area (TPSA) is 102 Å². The second-order valence-electron chi connectivity index (χ2n) is 6.67. The number of anilines is 1. The Morgan fingerprint density at radius 1 is 1.19 bits per heavy atom. The second-order valence-corrected chi connectivity index (χ2v) is 7.94. The first-order valence-electron chi connectivity index (χ1n) is 9.46. The number of rotatable bonds is 6. The second kappa shape index (κ2) is 9.97. The normalized spacial score (nSPS) is 15.1. The van der Waals surface area contributed by atoms with Crippen molar-refractivity contribution in [2.24, 2.45) is 0 Å². The first kappa shape index (κ1) is 23.5. The number of esters is 1. The molecule has 2 aromatic rings. The van der Waals surface area contributed by atoms with Gasteiger partial charge in [-0.1, -0.05) is 23.7 Å². The predicted molar refractivity (Wildman–Crippen MR) is 121 cm³/mol. The molecule has 1 saturated heterocycles. The summed E-state index contributed by atoms with van der Waals surface area (Å²) in [6.07, 6.45) is 1.35. The van der Waals surface area contributed by atoms with Crippen LogP contribution in [0.3, 0.4) is 0 Å². The number of amides is 4. The highest BCUT2D eigenvalue weighted by atomic mass is 79.9. The zero-order valence-electron chi connectivity index (χ0n) is 17.1. The molecule has 166 valence electrons. The van der Waals surface area contributed by atoms with Gasteiger partial charge in [0.1, 0.15) is 11.3 Å². The van der Waals surface area contributed by atoms with Crippen molar-refractivity contribution in [3.8, 4) is 5.75 Å². The molecule has 0 radical (unpaired) electrons. The van der Waals surface area contributed by atoms with Crippen LogP contribution >= 0.6 is 27.5 Å². The number of nitrogens with one attached hydrogen (secondary N) is 1. The van der Waals surface area contributed by atoms with Gasteiger partial charge in [0.05, 0.1) is 16.8 Å². The Balaban J connectivity index is 1.86. The molecule has 1 aliphatic rings. The first-order valence-corrected chi connectivity index (χ1v) is 10.6. The molecule has 2 aromatic carbocycles. The summed E-state index contributed by atoms with van der Waals surface area (Å²) < 4.78 is 10.7. The molecule has 0 bridgehead atoms. The molecule has 4 amide bonds. The summed E-state index contributed by atoms with van der Waals surface area (Å²) in [7, 11) is 0. The Morgan fingerprint density at radius 2 is 1.94 bits per heavy atom. The summed E-state index contributed by atoms with van der Waals surface area (Å²) in [5.41, 5.74) is 1.29. The van der Waals surface area contributed by atoms with Gasteiger partial charge in [-0.3, -0.25) is 14.9 Å². The van der Waals surface area contributed by atoms with Gasteiger partial charge < -0.3 is 9.47 Å². The number of urea groups is 1. The zero-order valence-corrected chi connectivity index (χ0v) is 19.5. The Morgan fingerprint density at radius 3 is 2.59 bits per heavy atom. The number of hydrogen-bond donors (Lipinski definition) is 1. The summed E-state index contributed by atoms with van der Waals surface area (Å²) in [5, 5.41) is 2.54. The molecular weight excluding hydrogens is 504 g/mol. The van der Waals surface area contributed by atoms with E-state index in [1.54, 1.807) is 44.2 Å². The fourth-order valence-electron chi connectivity index (χ4n) is 2.84. The minimum Gasteiger partial charge on any atom is -0.481 e. The van der Waals surface area contributed by atoms with E-state index < -0.39 is 23.8 Å². The van der Waals surface area contributed by atoms with Crippen LogP contribution in [0.5, 0.6) is 5.75 Å². The molecule has 8 nitrogen and oxygen atoms in total. The summed E-state index contributed by atoms with van der Waals surface area (Å²) in [4.78, 5) is 50.0. The van der Waals surface area contributed by atoms with Crippen LogP contribution in [-0.4, -0.2) is 37.0 Å². The smallest absolute Gasteiger partial charge is 0.344 e. The standard InChI is InChI=1S/C22H18BrClN2O6/c1-3-31-19(27)11-32-18-7-5-13(9-16(18)23)8-15-20(28)25-22(30)26(21(15)29)14-6-4-12(2)17(24)10-14/h4-10H,3,11H2,1-2H3,(H,25,28,30)/b15-8-. The highest BCUT2D eigenvalue weighted by Crippen LogP contribution is 2.29. The number of carbonyl (C=O) groups is 4. The van der Waals surface area contributed by atoms with E-state index in [0.29, 0.717) is 20.8 Å². The quantitative estimate of drug-likeness (QED) is 0.350. The molecule has 1 heterocycles. The number of barbiturate groups is 1. The monoisotopic (exact) mass is 520 g/mol. The highest BCUT2D eigenvalue weighted by Gasteiger charge is 2.37. The van der Waals surface area contributed by atoms with Gasteiger partial charge in [-0.2, -0.15) is 0 Å². The van der Waals surface area contributed by atoms with Crippen molar-refractivity contribution < 1.29 is 28.7 Å². The van der Waals surface area contributed by atoms with Gasteiger partial charge in [-0.25, -0.2) is 14.5 Å². The number of carbonyl (C=O) groups excluding carboxylic acids is 4. The average molecular weight is 522 g/mol. The largest absolute Gasteiger partial charge is 0.481 e. The Kier molecular flexibility index (Phi) is 7.32. The number of ether oxygens (including phenoxy) is 2. The number of hydrogen-bond acceptors (Lipinski definition) is 6. The van der Waals surface area contributed by atoms with Gasteiger partial charge in [0, 0.05) is 5.02 Å². The van der Waals surface area contributed by atoms with Crippen molar-refractivity contribution in [2.75, 3.05) is 18.1 Å². The van der Waals surface area contributed by atoms with Gasteiger partial charge in [-0.05, 0) is 71.2 Å². The van der Waals surface area contributed by atoms with Crippen LogP contribution in [0.1, 0.15) is 18.1 Å². The molecule has 0 unspecified atom stereocenters. The third-order valence-corrected chi connectivity index (χ3v) is 5.46. The fourth-order valence-corrected chi connectivity index (χ4v) is 3.53. The van der Waals surface area contributed by atoms with Crippen molar-refractivity contribution in [3.05, 3.63) is 62.6 Å². The SMILES string of the molecule is CCOC(=O)COc1ccc(/C=C2/C(=O)NC(=O)N(c3ccc(C)c(Cl)c3)C2=O)cc1Br. The van der Waals surface area contributed by atoms with E-state index >= 15 is 0 Å². The molecule has 0 saturated carbocycles. The number of halogens is 2. The number of benzene rings is 2. The molecule has 32 heavy (non-hydrogen) atoms. The van der Waals surface area contributed by atoms with Crippen molar-refractivity contribution >= 4 is 63.1 Å². The maximum atomic E-state index is 13.0. The molecule has 10 heteroatoms. The van der Waals surface area contributed by atoms with E-state index in [0.717, 1.165) is 10.5 Å². The van der Waals surface area contributed by atoms with Gasteiger partial charge in [0.25, 0.3) is 11.8 Å². The van der Waals surface area contributed by atoms with Crippen LogP contribution < -0.4 is 15.0 Å². The molecule has 0 aromatic heterocycles. The molecule has 1 N–H and O–H groups in total. The van der Waals surface area contributed by atoms with Crippen LogP contribution in [0.15, 0.2) is 46.4 Å². The number of imide groups is 2. The summed E-state index contributed by atoms with van der Waals surface area (Å²) in [5.74, 6) is -1.72. The number of nitrogens with zero attached hydrogens (tertiary/aromatic N) is 1. The summed E-state index contributed by atoms with van der Waals surface area (Å²) in [6, 6.07) is 8.64. The van der Waals surface area contributed by atoms with Crippen LogP contribution in [0, 0.1) is 6.92 Å². The molecule has 0 aliphatic carbocycles. The minimum atomic E-state index is -0.860. The summed E-state index contributed by atoms with van der Waals surface area (Å²) in [6.45, 7) is 3.47. The van der Waals surface area contributed by atoms with Gasteiger partial charge in [0.15, 0.2) is 6.61 Å². The molecule has 0 atom stereocenters. The lowest BCUT2D eigenvalue weighted by molar-refractivity contribution is -0.145. The molecule has 1 fully saturated rings.